The van der Waals surface area contributed by atoms with Crippen LogP contribution in [0.5, 0.6) is 0 Å². The van der Waals surface area contributed by atoms with Gasteiger partial charge in [-0.3, -0.25) is 4.90 Å². The largest absolute Gasteiger partial charge is 0.478 e. The minimum Gasteiger partial charge on any atom is -0.478 e. The molecule has 2 aromatic carbocycles. The number of hydrogen-bond donors (Lipinski definition) is 1. The Hall–Kier alpha value is -2.86. The molecule has 0 atom stereocenters. The van der Waals surface area contributed by atoms with E-state index < -0.39 is 12.1 Å². The van der Waals surface area contributed by atoms with Crippen molar-refractivity contribution in [2.24, 2.45) is 5.92 Å². The Morgan fingerprint density at radius 3 is 2.50 bits per heavy atom. The van der Waals surface area contributed by atoms with Crippen LogP contribution in [0, 0.1) is 5.92 Å². The van der Waals surface area contributed by atoms with E-state index in [-0.39, 0.29) is 12.2 Å². The van der Waals surface area contributed by atoms with Crippen molar-refractivity contribution in [3.8, 4) is 0 Å². The Morgan fingerprint density at radius 1 is 1.11 bits per heavy atom. The first kappa shape index (κ1) is 19.9. The fraction of sp³-hybridized carbons (Fsp3) is 0.364. The fourth-order valence-corrected chi connectivity index (χ4v) is 3.39. The highest BCUT2D eigenvalue weighted by Crippen LogP contribution is 2.24. The van der Waals surface area contributed by atoms with Crippen LogP contribution in [0.4, 0.5) is 10.5 Å². The third-order valence-corrected chi connectivity index (χ3v) is 5.11. The minimum atomic E-state index is -1.02. The number of nitrogens with zero attached hydrogens (tertiary/aromatic N) is 2. The Kier molecular flexibility index (Phi) is 6.66. The quantitative estimate of drug-likeness (QED) is 0.821. The van der Waals surface area contributed by atoms with E-state index in [0.717, 1.165) is 31.5 Å². The summed E-state index contributed by atoms with van der Waals surface area (Å²) in [7, 11) is 2.10. The monoisotopic (exact) mass is 382 g/mol. The van der Waals surface area contributed by atoms with Gasteiger partial charge in [0.05, 0.1) is 5.56 Å². The number of amides is 1. The van der Waals surface area contributed by atoms with E-state index in [1.165, 1.54) is 12.1 Å². The summed E-state index contributed by atoms with van der Waals surface area (Å²) < 4.78 is 5.54. The van der Waals surface area contributed by atoms with E-state index in [4.69, 9.17) is 4.74 Å². The van der Waals surface area contributed by atoms with Crippen LogP contribution in [0.2, 0.25) is 0 Å². The van der Waals surface area contributed by atoms with Gasteiger partial charge in [-0.1, -0.05) is 36.4 Å². The molecule has 148 valence electrons. The molecular weight excluding hydrogens is 356 g/mol. The van der Waals surface area contributed by atoms with Crippen LogP contribution in [-0.4, -0.2) is 48.8 Å². The smallest absolute Gasteiger partial charge is 0.414 e. The highest BCUT2D eigenvalue weighted by atomic mass is 16.6. The lowest BCUT2D eigenvalue weighted by Crippen LogP contribution is -2.40. The zero-order valence-electron chi connectivity index (χ0n) is 16.1. The number of aromatic carboxylic acids is 1. The third kappa shape index (κ3) is 5.33. The van der Waals surface area contributed by atoms with Gasteiger partial charge in [0.15, 0.2) is 0 Å². The molecule has 0 aliphatic carbocycles. The molecule has 1 saturated heterocycles. The SMILES string of the molecule is CN1CCC(CN(C(=O)OCc2ccccc2)c2cccc(C(=O)O)c2)CC1. The molecule has 0 saturated carbocycles. The first-order valence-electron chi connectivity index (χ1n) is 9.53. The van der Waals surface area contributed by atoms with Gasteiger partial charge < -0.3 is 14.7 Å². The Morgan fingerprint density at radius 2 is 1.82 bits per heavy atom. The van der Waals surface area contributed by atoms with E-state index in [9.17, 15) is 14.7 Å². The van der Waals surface area contributed by atoms with Crippen molar-refractivity contribution in [3.05, 3.63) is 65.7 Å². The minimum absolute atomic E-state index is 0.154. The van der Waals surface area contributed by atoms with Gasteiger partial charge in [-0.05, 0) is 62.7 Å². The summed E-state index contributed by atoms with van der Waals surface area (Å²) in [6.07, 6.45) is 1.54. The molecule has 6 heteroatoms. The molecule has 1 N–H and O–H groups in total. The molecule has 0 spiro atoms. The first-order chi connectivity index (χ1) is 13.5. The van der Waals surface area contributed by atoms with Crippen LogP contribution in [0.1, 0.15) is 28.8 Å². The van der Waals surface area contributed by atoms with Crippen molar-refractivity contribution in [1.29, 1.82) is 0 Å². The van der Waals surface area contributed by atoms with E-state index in [1.807, 2.05) is 30.3 Å². The van der Waals surface area contributed by atoms with Crippen LogP contribution in [0.15, 0.2) is 54.6 Å². The topological polar surface area (TPSA) is 70.1 Å². The molecule has 0 aromatic heterocycles. The zero-order valence-corrected chi connectivity index (χ0v) is 16.1. The first-order valence-corrected chi connectivity index (χ1v) is 9.53. The lowest BCUT2D eigenvalue weighted by Gasteiger charge is -2.33. The molecule has 1 aliphatic rings. The number of rotatable bonds is 6. The molecule has 0 unspecified atom stereocenters. The Balaban J connectivity index is 1.76. The summed E-state index contributed by atoms with van der Waals surface area (Å²) in [4.78, 5) is 28.1. The highest BCUT2D eigenvalue weighted by Gasteiger charge is 2.25. The van der Waals surface area contributed by atoms with E-state index >= 15 is 0 Å². The molecule has 28 heavy (non-hydrogen) atoms. The summed E-state index contributed by atoms with van der Waals surface area (Å²) in [5.41, 5.74) is 1.62. The summed E-state index contributed by atoms with van der Waals surface area (Å²) >= 11 is 0. The predicted octanol–water partition coefficient (Wildman–Crippen LogP) is 3.87. The average molecular weight is 382 g/mol. The number of carbonyl (C=O) groups is 2. The maximum atomic E-state index is 12.9. The van der Waals surface area contributed by atoms with E-state index in [0.29, 0.717) is 18.2 Å². The van der Waals surface area contributed by atoms with Crippen molar-refractivity contribution in [1.82, 2.24) is 4.90 Å². The maximum Gasteiger partial charge on any atom is 0.414 e. The number of hydrogen-bond acceptors (Lipinski definition) is 4. The van der Waals surface area contributed by atoms with Gasteiger partial charge in [0, 0.05) is 12.2 Å². The molecule has 1 fully saturated rings. The number of ether oxygens (including phenoxy) is 1. The lowest BCUT2D eigenvalue weighted by molar-refractivity contribution is 0.0696. The number of carbonyl (C=O) groups excluding carboxylic acids is 1. The number of carboxylic acid groups (broad SMARTS) is 1. The normalized spacial score (nSPS) is 15.2. The van der Waals surface area contributed by atoms with Gasteiger partial charge in [0.2, 0.25) is 0 Å². The molecular formula is C22H26N2O4. The average Bonchev–Trinajstić information content (AvgIpc) is 2.72. The third-order valence-electron chi connectivity index (χ3n) is 5.11. The zero-order chi connectivity index (χ0) is 19.9. The van der Waals surface area contributed by atoms with Crippen LogP contribution in [0.25, 0.3) is 0 Å². The maximum absolute atomic E-state index is 12.9. The Labute approximate surface area is 165 Å². The number of benzene rings is 2. The van der Waals surface area contributed by atoms with Crippen molar-refractivity contribution < 1.29 is 19.4 Å². The van der Waals surface area contributed by atoms with Crippen molar-refractivity contribution >= 4 is 17.7 Å². The van der Waals surface area contributed by atoms with Crippen molar-refractivity contribution in [3.63, 3.8) is 0 Å². The molecule has 0 bridgehead atoms. The molecule has 3 rings (SSSR count). The number of anilines is 1. The number of likely N-dealkylation sites (tertiary alicyclic amines) is 1. The number of piperidine rings is 1. The Bertz CT molecular complexity index is 801. The second-order valence-corrected chi connectivity index (χ2v) is 7.25. The number of carboxylic acids is 1. The summed E-state index contributed by atoms with van der Waals surface area (Å²) in [5.74, 6) is -0.660. The van der Waals surface area contributed by atoms with Crippen LogP contribution >= 0.6 is 0 Å². The van der Waals surface area contributed by atoms with Crippen LogP contribution in [0.3, 0.4) is 0 Å². The summed E-state index contributed by atoms with van der Waals surface area (Å²) in [6.45, 7) is 2.69. The van der Waals surface area contributed by atoms with Crippen LogP contribution < -0.4 is 4.90 Å². The van der Waals surface area contributed by atoms with Gasteiger partial charge in [-0.15, -0.1) is 0 Å². The highest BCUT2D eigenvalue weighted by molar-refractivity contribution is 5.92. The van der Waals surface area contributed by atoms with Crippen LogP contribution in [-0.2, 0) is 11.3 Å². The second kappa shape index (κ2) is 9.37. The summed E-state index contributed by atoms with van der Waals surface area (Å²) in [6, 6.07) is 16.0. The van der Waals surface area contributed by atoms with E-state index in [1.54, 1.807) is 17.0 Å². The van der Waals surface area contributed by atoms with Crippen molar-refractivity contribution in [2.45, 2.75) is 19.4 Å². The van der Waals surface area contributed by atoms with E-state index in [2.05, 4.69) is 11.9 Å². The molecule has 1 aliphatic heterocycles. The van der Waals surface area contributed by atoms with Gasteiger partial charge in [0.25, 0.3) is 0 Å². The van der Waals surface area contributed by atoms with Gasteiger partial charge >= 0.3 is 12.1 Å². The lowest BCUT2D eigenvalue weighted by atomic mass is 9.96. The summed E-state index contributed by atoms with van der Waals surface area (Å²) in [5, 5.41) is 9.29. The van der Waals surface area contributed by atoms with Gasteiger partial charge in [-0.25, -0.2) is 9.59 Å². The molecule has 6 nitrogen and oxygen atoms in total. The molecule has 1 amide bonds. The fourth-order valence-electron chi connectivity index (χ4n) is 3.39. The second-order valence-electron chi connectivity index (χ2n) is 7.25. The molecule has 0 radical (unpaired) electrons. The molecule has 2 aromatic rings. The predicted molar refractivity (Wildman–Crippen MR) is 108 cm³/mol. The standard InChI is InChI=1S/C22H26N2O4/c1-23-12-10-17(11-13-23)15-24(20-9-5-8-19(14-20)21(25)26)22(27)28-16-18-6-3-2-4-7-18/h2-9,14,17H,10-13,15-16H2,1H3,(H,25,26). The van der Waals surface area contributed by atoms with Gasteiger partial charge in [-0.2, -0.15) is 0 Å². The molecule has 1 heterocycles. The van der Waals surface area contributed by atoms with Gasteiger partial charge in [0.1, 0.15) is 6.61 Å². The van der Waals surface area contributed by atoms with Crippen molar-refractivity contribution in [2.75, 3.05) is 31.6 Å².